The highest BCUT2D eigenvalue weighted by molar-refractivity contribution is 6.18. The van der Waals surface area contributed by atoms with Crippen molar-refractivity contribution in [2.24, 2.45) is 0 Å². The molecule has 1 amide bonds. The van der Waals surface area contributed by atoms with Gasteiger partial charge in [-0.05, 0) is 12.1 Å². The normalized spacial score (nSPS) is 19.8. The lowest BCUT2D eigenvalue weighted by atomic mass is 10.1. The maximum Gasteiger partial charge on any atom is 0.257 e. The molecule has 1 aliphatic rings. The molecule has 0 radical (unpaired) electrons. The smallest absolute Gasteiger partial charge is 0.257 e. The number of phenolic OH excluding ortho intramolecular Hbond substituents is 2. The van der Waals surface area contributed by atoms with E-state index in [1.807, 2.05) is 0 Å². The molecular weight excluding hydrogens is 258 g/mol. The van der Waals surface area contributed by atoms with Crippen LogP contribution in [0.2, 0.25) is 0 Å². The van der Waals surface area contributed by atoms with E-state index in [-0.39, 0.29) is 29.1 Å². The average molecular weight is 272 g/mol. The van der Waals surface area contributed by atoms with E-state index in [4.69, 9.17) is 16.3 Å². The van der Waals surface area contributed by atoms with Crippen molar-refractivity contribution in [2.45, 2.75) is 6.10 Å². The van der Waals surface area contributed by atoms with E-state index >= 15 is 0 Å². The fourth-order valence-corrected chi connectivity index (χ4v) is 2.06. The molecule has 0 bridgehead atoms. The zero-order chi connectivity index (χ0) is 13.1. The number of hydrogen-bond acceptors (Lipinski definition) is 4. The van der Waals surface area contributed by atoms with Gasteiger partial charge < -0.3 is 19.8 Å². The monoisotopic (exact) mass is 271 g/mol. The Labute approximate surface area is 110 Å². The SMILES string of the molecule is O=C(c1ccc(O)cc1O)N1CCOC(CCl)C1. The van der Waals surface area contributed by atoms with Crippen LogP contribution in [0, 0.1) is 0 Å². The minimum Gasteiger partial charge on any atom is -0.508 e. The Kier molecular flexibility index (Phi) is 3.93. The molecule has 6 heteroatoms. The summed E-state index contributed by atoms with van der Waals surface area (Å²) in [6, 6.07) is 3.91. The summed E-state index contributed by atoms with van der Waals surface area (Å²) >= 11 is 5.70. The van der Waals surface area contributed by atoms with Crippen LogP contribution in [0.15, 0.2) is 18.2 Å². The maximum absolute atomic E-state index is 12.2. The Bertz CT molecular complexity index is 452. The number of phenols is 2. The van der Waals surface area contributed by atoms with E-state index < -0.39 is 0 Å². The van der Waals surface area contributed by atoms with Crippen molar-refractivity contribution in [3.63, 3.8) is 0 Å². The molecule has 1 saturated heterocycles. The molecule has 1 aromatic carbocycles. The fourth-order valence-electron chi connectivity index (χ4n) is 1.87. The number of alkyl halides is 1. The number of halogens is 1. The summed E-state index contributed by atoms with van der Waals surface area (Å²) in [5.41, 5.74) is 0.169. The number of carbonyl (C=O) groups is 1. The van der Waals surface area contributed by atoms with Gasteiger partial charge in [-0.3, -0.25) is 4.79 Å². The number of nitrogens with zero attached hydrogens (tertiary/aromatic N) is 1. The Hall–Kier alpha value is -1.46. The number of rotatable bonds is 2. The van der Waals surface area contributed by atoms with Crippen molar-refractivity contribution in [3.05, 3.63) is 23.8 Å². The number of ether oxygens (including phenoxy) is 1. The van der Waals surface area contributed by atoms with Crippen molar-refractivity contribution in [3.8, 4) is 11.5 Å². The predicted octanol–water partition coefficient (Wildman–Crippen LogP) is 1.18. The van der Waals surface area contributed by atoms with Crippen LogP contribution < -0.4 is 0 Å². The molecule has 1 aromatic rings. The molecule has 1 aliphatic heterocycles. The summed E-state index contributed by atoms with van der Waals surface area (Å²) in [5.74, 6) is -0.268. The maximum atomic E-state index is 12.2. The Morgan fingerprint density at radius 2 is 2.28 bits per heavy atom. The Morgan fingerprint density at radius 1 is 1.50 bits per heavy atom. The van der Waals surface area contributed by atoms with Crippen molar-refractivity contribution < 1.29 is 19.7 Å². The fraction of sp³-hybridized carbons (Fsp3) is 0.417. The van der Waals surface area contributed by atoms with Crippen LogP contribution in [0.5, 0.6) is 11.5 Å². The van der Waals surface area contributed by atoms with E-state index in [0.717, 1.165) is 6.07 Å². The van der Waals surface area contributed by atoms with Gasteiger partial charge in [-0.25, -0.2) is 0 Å². The van der Waals surface area contributed by atoms with Crippen LogP contribution >= 0.6 is 11.6 Å². The van der Waals surface area contributed by atoms with Crippen LogP contribution in [0.4, 0.5) is 0 Å². The lowest BCUT2D eigenvalue weighted by molar-refractivity contribution is -0.0109. The molecule has 2 N–H and O–H groups in total. The van der Waals surface area contributed by atoms with Gasteiger partial charge in [-0.15, -0.1) is 11.6 Å². The number of amides is 1. The van der Waals surface area contributed by atoms with Crippen molar-refractivity contribution in [1.82, 2.24) is 4.90 Å². The molecule has 1 heterocycles. The minimum atomic E-state index is -0.286. The average Bonchev–Trinajstić information content (AvgIpc) is 2.38. The topological polar surface area (TPSA) is 70.0 Å². The first-order valence-electron chi connectivity index (χ1n) is 5.60. The second-order valence-electron chi connectivity index (χ2n) is 4.10. The molecule has 0 aromatic heterocycles. The molecule has 1 atom stereocenters. The highest BCUT2D eigenvalue weighted by Gasteiger charge is 2.26. The highest BCUT2D eigenvalue weighted by Crippen LogP contribution is 2.24. The molecular formula is C12H14ClNO4. The molecule has 2 rings (SSSR count). The van der Waals surface area contributed by atoms with Gasteiger partial charge in [0.05, 0.1) is 24.2 Å². The molecule has 1 unspecified atom stereocenters. The van der Waals surface area contributed by atoms with Crippen molar-refractivity contribution in [1.29, 1.82) is 0 Å². The lowest BCUT2D eigenvalue weighted by Gasteiger charge is -2.32. The molecule has 0 spiro atoms. The van der Waals surface area contributed by atoms with E-state index in [1.54, 1.807) is 4.90 Å². The number of aromatic hydroxyl groups is 2. The largest absolute Gasteiger partial charge is 0.508 e. The van der Waals surface area contributed by atoms with Crippen LogP contribution in [0.25, 0.3) is 0 Å². The molecule has 98 valence electrons. The predicted molar refractivity (Wildman–Crippen MR) is 66.1 cm³/mol. The molecule has 0 saturated carbocycles. The second-order valence-corrected chi connectivity index (χ2v) is 4.41. The van der Waals surface area contributed by atoms with Gasteiger partial charge in [-0.2, -0.15) is 0 Å². The third-order valence-corrected chi connectivity index (χ3v) is 3.15. The molecule has 5 nitrogen and oxygen atoms in total. The zero-order valence-electron chi connectivity index (χ0n) is 9.67. The van der Waals surface area contributed by atoms with E-state index in [2.05, 4.69) is 0 Å². The van der Waals surface area contributed by atoms with Gasteiger partial charge in [0.15, 0.2) is 0 Å². The molecule has 1 fully saturated rings. The first-order valence-corrected chi connectivity index (χ1v) is 6.14. The summed E-state index contributed by atoms with van der Waals surface area (Å²) in [6.07, 6.45) is -0.177. The van der Waals surface area contributed by atoms with Gasteiger partial charge >= 0.3 is 0 Å². The van der Waals surface area contributed by atoms with Crippen LogP contribution in [-0.4, -0.2) is 52.7 Å². The molecule has 18 heavy (non-hydrogen) atoms. The Morgan fingerprint density at radius 3 is 2.94 bits per heavy atom. The quantitative estimate of drug-likeness (QED) is 0.793. The number of benzene rings is 1. The second kappa shape index (κ2) is 5.46. The zero-order valence-corrected chi connectivity index (χ0v) is 10.4. The first kappa shape index (κ1) is 13.0. The summed E-state index contributed by atoms with van der Waals surface area (Å²) in [5, 5.41) is 18.8. The number of hydrogen-bond donors (Lipinski definition) is 2. The Balaban J connectivity index is 2.15. The van der Waals surface area contributed by atoms with Gasteiger partial charge in [0.2, 0.25) is 0 Å². The van der Waals surface area contributed by atoms with E-state index in [9.17, 15) is 15.0 Å². The standard InChI is InChI=1S/C12H14ClNO4/c13-6-9-7-14(3-4-18-9)12(17)10-2-1-8(15)5-11(10)16/h1-2,5,9,15-16H,3-4,6-7H2. The summed E-state index contributed by atoms with van der Waals surface area (Å²) in [7, 11) is 0. The number of carbonyl (C=O) groups excluding carboxylic acids is 1. The third-order valence-electron chi connectivity index (χ3n) is 2.81. The first-order chi connectivity index (χ1) is 8.61. The van der Waals surface area contributed by atoms with E-state index in [1.165, 1.54) is 12.1 Å². The van der Waals surface area contributed by atoms with Crippen LogP contribution in [0.1, 0.15) is 10.4 Å². The summed E-state index contributed by atoms with van der Waals surface area (Å²) < 4.78 is 5.36. The van der Waals surface area contributed by atoms with Gasteiger partial charge in [0, 0.05) is 19.2 Å². The highest BCUT2D eigenvalue weighted by atomic mass is 35.5. The van der Waals surface area contributed by atoms with E-state index in [0.29, 0.717) is 25.6 Å². The summed E-state index contributed by atoms with van der Waals surface area (Å²) in [6.45, 7) is 1.30. The summed E-state index contributed by atoms with van der Waals surface area (Å²) in [4.78, 5) is 13.8. The van der Waals surface area contributed by atoms with Gasteiger partial charge in [0.25, 0.3) is 5.91 Å². The van der Waals surface area contributed by atoms with Crippen molar-refractivity contribution in [2.75, 3.05) is 25.6 Å². The number of morpholine rings is 1. The van der Waals surface area contributed by atoms with Crippen molar-refractivity contribution >= 4 is 17.5 Å². The van der Waals surface area contributed by atoms with Crippen LogP contribution in [-0.2, 0) is 4.74 Å². The third kappa shape index (κ3) is 2.68. The van der Waals surface area contributed by atoms with Gasteiger partial charge in [-0.1, -0.05) is 0 Å². The van der Waals surface area contributed by atoms with Gasteiger partial charge in [0.1, 0.15) is 11.5 Å². The molecule has 0 aliphatic carbocycles. The van der Waals surface area contributed by atoms with Crippen LogP contribution in [0.3, 0.4) is 0 Å². The lowest BCUT2D eigenvalue weighted by Crippen LogP contribution is -2.46. The minimum absolute atomic E-state index is 0.0790.